The smallest absolute Gasteiger partial charge is 0.242 e. The van der Waals surface area contributed by atoms with Gasteiger partial charge >= 0.3 is 0 Å². The summed E-state index contributed by atoms with van der Waals surface area (Å²) in [7, 11) is -3.51. The van der Waals surface area contributed by atoms with Crippen molar-refractivity contribution in [2.24, 2.45) is 0 Å². The summed E-state index contributed by atoms with van der Waals surface area (Å²) in [5.74, 6) is -0.403. The zero-order valence-corrected chi connectivity index (χ0v) is 22.7. The van der Waals surface area contributed by atoms with Crippen LogP contribution in [0.15, 0.2) is 53.0 Å². The van der Waals surface area contributed by atoms with E-state index in [1.165, 1.54) is 4.31 Å². The van der Waals surface area contributed by atoms with Gasteiger partial charge in [0.15, 0.2) is 0 Å². The fraction of sp³-hybridized carbons (Fsp3) is 0.440. The Bertz CT molecular complexity index is 1090. The number of benzene rings is 2. The van der Waals surface area contributed by atoms with Crippen molar-refractivity contribution in [3.05, 3.63) is 64.1 Å². The van der Waals surface area contributed by atoms with Crippen LogP contribution in [0, 0.1) is 6.92 Å². The highest BCUT2D eigenvalue weighted by molar-refractivity contribution is 9.10. The number of carbonyl (C=O) groups excluding carboxylic acids is 2. The Balaban J connectivity index is 2.15. The van der Waals surface area contributed by atoms with Gasteiger partial charge in [0, 0.05) is 30.5 Å². The minimum absolute atomic E-state index is 0.122. The van der Waals surface area contributed by atoms with Crippen molar-refractivity contribution < 1.29 is 18.0 Å². The molecule has 0 saturated heterocycles. The number of nitrogens with zero attached hydrogens (tertiary/aromatic N) is 2. The molecule has 0 aliphatic carbocycles. The second kappa shape index (κ2) is 12.9. The first-order valence-electron chi connectivity index (χ1n) is 11.4. The molecule has 9 heteroatoms. The quantitative estimate of drug-likeness (QED) is 0.427. The molecule has 7 nitrogen and oxygen atoms in total. The number of rotatable bonds is 12. The summed E-state index contributed by atoms with van der Waals surface area (Å²) in [6.45, 7) is 6.59. The molecule has 2 rings (SSSR count). The molecule has 0 bridgehead atoms. The SMILES string of the molecule is CCCNC(=O)[C@H](C)N(Cc1cccc(Br)c1)C(=O)CCCN(c1cccc(C)c1)S(C)(=O)=O. The third-order valence-corrected chi connectivity index (χ3v) is 7.09. The van der Waals surface area contributed by atoms with Crippen LogP contribution in [0.4, 0.5) is 5.69 Å². The van der Waals surface area contributed by atoms with E-state index in [1.54, 1.807) is 17.9 Å². The van der Waals surface area contributed by atoms with Crippen molar-refractivity contribution in [3.8, 4) is 0 Å². The van der Waals surface area contributed by atoms with Crippen LogP contribution in [0.3, 0.4) is 0 Å². The van der Waals surface area contributed by atoms with Crippen molar-refractivity contribution in [3.63, 3.8) is 0 Å². The van der Waals surface area contributed by atoms with Crippen molar-refractivity contribution in [1.82, 2.24) is 10.2 Å². The predicted molar refractivity (Wildman–Crippen MR) is 140 cm³/mol. The number of hydrogen-bond donors (Lipinski definition) is 1. The van der Waals surface area contributed by atoms with Gasteiger partial charge in [-0.3, -0.25) is 13.9 Å². The molecule has 186 valence electrons. The molecule has 0 aromatic heterocycles. The average Bonchev–Trinajstić information content (AvgIpc) is 2.77. The normalized spacial score (nSPS) is 12.1. The van der Waals surface area contributed by atoms with Crippen molar-refractivity contribution in [1.29, 1.82) is 0 Å². The summed E-state index contributed by atoms with van der Waals surface area (Å²) in [6.07, 6.45) is 2.42. The van der Waals surface area contributed by atoms with Crippen molar-refractivity contribution in [2.45, 2.75) is 52.6 Å². The molecule has 0 saturated carbocycles. The van der Waals surface area contributed by atoms with Gasteiger partial charge in [-0.2, -0.15) is 0 Å². The molecule has 1 N–H and O–H groups in total. The highest BCUT2D eigenvalue weighted by atomic mass is 79.9. The lowest BCUT2D eigenvalue weighted by Crippen LogP contribution is -2.47. The Morgan fingerprint density at radius 3 is 2.44 bits per heavy atom. The van der Waals surface area contributed by atoms with Crippen LogP contribution < -0.4 is 9.62 Å². The standard InChI is InChI=1S/C25H34BrN3O4S/c1-5-14-27-25(31)20(3)28(18-21-10-7-11-22(26)17-21)24(30)13-8-15-29(34(4,32)33)23-12-6-9-19(2)16-23/h6-7,9-12,16-17,20H,5,8,13-15,18H2,1-4H3,(H,27,31)/t20-/m0/s1. The van der Waals surface area contributed by atoms with E-state index < -0.39 is 16.1 Å². The first-order chi connectivity index (χ1) is 16.0. The Morgan fingerprint density at radius 1 is 1.12 bits per heavy atom. The first kappa shape index (κ1) is 27.9. The zero-order valence-electron chi connectivity index (χ0n) is 20.3. The maximum atomic E-state index is 13.2. The molecule has 0 unspecified atom stereocenters. The number of anilines is 1. The number of halogens is 1. The van der Waals surface area contributed by atoms with Gasteiger partial charge < -0.3 is 10.2 Å². The summed E-state index contributed by atoms with van der Waals surface area (Å²) < 4.78 is 27.0. The molecule has 0 aliphatic heterocycles. The van der Waals surface area contributed by atoms with E-state index in [1.807, 2.05) is 56.3 Å². The van der Waals surface area contributed by atoms with Crippen LogP contribution in [0.5, 0.6) is 0 Å². The van der Waals surface area contributed by atoms with E-state index in [4.69, 9.17) is 0 Å². The van der Waals surface area contributed by atoms with Gasteiger partial charge in [-0.05, 0) is 62.1 Å². The number of aryl methyl sites for hydroxylation is 1. The largest absolute Gasteiger partial charge is 0.354 e. The number of sulfonamides is 1. The molecule has 34 heavy (non-hydrogen) atoms. The van der Waals surface area contributed by atoms with Crippen LogP contribution in [-0.4, -0.2) is 50.5 Å². The van der Waals surface area contributed by atoms with E-state index in [0.717, 1.165) is 28.3 Å². The monoisotopic (exact) mass is 551 g/mol. The Hall–Kier alpha value is -2.39. The maximum absolute atomic E-state index is 13.2. The molecule has 2 amide bonds. The van der Waals surface area contributed by atoms with E-state index in [9.17, 15) is 18.0 Å². The van der Waals surface area contributed by atoms with E-state index in [2.05, 4.69) is 21.2 Å². The molecule has 0 heterocycles. The van der Waals surface area contributed by atoms with Crippen LogP contribution in [-0.2, 0) is 26.2 Å². The van der Waals surface area contributed by atoms with Gasteiger partial charge in [0.25, 0.3) is 0 Å². The first-order valence-corrected chi connectivity index (χ1v) is 14.0. The summed E-state index contributed by atoms with van der Waals surface area (Å²) in [4.78, 5) is 27.4. The van der Waals surface area contributed by atoms with Gasteiger partial charge in [-0.25, -0.2) is 8.42 Å². The Kier molecular flexibility index (Phi) is 10.6. The van der Waals surface area contributed by atoms with Crippen LogP contribution in [0.2, 0.25) is 0 Å². The minimum atomic E-state index is -3.51. The second-order valence-corrected chi connectivity index (χ2v) is 11.2. The van der Waals surface area contributed by atoms with Crippen LogP contribution in [0.1, 0.15) is 44.2 Å². The summed E-state index contributed by atoms with van der Waals surface area (Å²) in [5.41, 5.74) is 2.43. The Labute approximate surface area is 211 Å². The molecule has 0 spiro atoms. The fourth-order valence-corrected chi connectivity index (χ4v) is 5.00. The number of carbonyl (C=O) groups is 2. The number of hydrogen-bond acceptors (Lipinski definition) is 4. The predicted octanol–water partition coefficient (Wildman–Crippen LogP) is 4.25. The summed E-state index contributed by atoms with van der Waals surface area (Å²) >= 11 is 3.45. The van der Waals surface area contributed by atoms with E-state index in [0.29, 0.717) is 18.7 Å². The van der Waals surface area contributed by atoms with E-state index >= 15 is 0 Å². The number of nitrogens with one attached hydrogen (secondary N) is 1. The molecule has 0 radical (unpaired) electrons. The molecule has 2 aromatic rings. The summed E-state index contributed by atoms with van der Waals surface area (Å²) in [6, 6.07) is 14.2. The van der Waals surface area contributed by atoms with Gasteiger partial charge in [0.05, 0.1) is 11.9 Å². The van der Waals surface area contributed by atoms with E-state index in [-0.39, 0.29) is 31.3 Å². The second-order valence-electron chi connectivity index (χ2n) is 8.40. The third kappa shape index (κ3) is 8.43. The zero-order chi connectivity index (χ0) is 25.3. The van der Waals surface area contributed by atoms with Crippen LogP contribution in [0.25, 0.3) is 0 Å². The van der Waals surface area contributed by atoms with Gasteiger partial charge in [0.2, 0.25) is 21.8 Å². The van der Waals surface area contributed by atoms with Gasteiger partial charge in [-0.1, -0.05) is 47.1 Å². The highest BCUT2D eigenvalue weighted by Gasteiger charge is 2.26. The lowest BCUT2D eigenvalue weighted by Gasteiger charge is -2.29. The molecule has 0 aliphatic rings. The van der Waals surface area contributed by atoms with Crippen molar-refractivity contribution in [2.75, 3.05) is 23.7 Å². The molecule has 2 aromatic carbocycles. The third-order valence-electron chi connectivity index (χ3n) is 5.40. The minimum Gasteiger partial charge on any atom is -0.354 e. The molecule has 0 fully saturated rings. The lowest BCUT2D eigenvalue weighted by molar-refractivity contribution is -0.140. The molecular formula is C25H34BrN3O4S. The number of amides is 2. The average molecular weight is 553 g/mol. The topological polar surface area (TPSA) is 86.8 Å². The summed E-state index contributed by atoms with van der Waals surface area (Å²) in [5, 5.41) is 2.86. The fourth-order valence-electron chi connectivity index (χ4n) is 3.60. The van der Waals surface area contributed by atoms with Crippen LogP contribution >= 0.6 is 15.9 Å². The molecular weight excluding hydrogens is 518 g/mol. The van der Waals surface area contributed by atoms with Crippen molar-refractivity contribution >= 4 is 43.5 Å². The maximum Gasteiger partial charge on any atom is 0.242 e. The van der Waals surface area contributed by atoms with Gasteiger partial charge in [-0.15, -0.1) is 0 Å². The Morgan fingerprint density at radius 2 is 1.82 bits per heavy atom. The highest BCUT2D eigenvalue weighted by Crippen LogP contribution is 2.21. The molecule has 1 atom stereocenters. The van der Waals surface area contributed by atoms with Gasteiger partial charge in [0.1, 0.15) is 6.04 Å². The lowest BCUT2D eigenvalue weighted by atomic mass is 10.1.